The number of aryl methyl sites for hydroxylation is 1. The Morgan fingerprint density at radius 2 is 2.47 bits per heavy atom. The molecule has 2 unspecified atom stereocenters. The molecule has 0 aromatic carbocycles. The Bertz CT molecular complexity index is 307. The van der Waals surface area contributed by atoms with E-state index < -0.39 is 0 Å². The minimum atomic E-state index is 0.394. The molecule has 4 nitrogen and oxygen atoms in total. The van der Waals surface area contributed by atoms with Gasteiger partial charge in [0.05, 0.1) is 6.20 Å². The molecule has 0 bridgehead atoms. The second-order valence-corrected chi connectivity index (χ2v) is 4.53. The average molecular weight is 208 g/mol. The van der Waals surface area contributed by atoms with Gasteiger partial charge in [0.1, 0.15) is 0 Å². The van der Waals surface area contributed by atoms with Gasteiger partial charge in [0.15, 0.2) is 0 Å². The van der Waals surface area contributed by atoms with Crippen LogP contribution in [0.1, 0.15) is 31.2 Å². The molecule has 0 amide bonds. The first-order chi connectivity index (χ1) is 7.24. The topological polar surface area (TPSA) is 55.9 Å². The molecule has 0 spiro atoms. The summed E-state index contributed by atoms with van der Waals surface area (Å²) in [7, 11) is 1.94. The highest BCUT2D eigenvalue weighted by Crippen LogP contribution is 2.17. The molecular weight excluding hydrogens is 188 g/mol. The van der Waals surface area contributed by atoms with E-state index >= 15 is 0 Å². The molecule has 1 heterocycles. The van der Waals surface area contributed by atoms with E-state index in [9.17, 15) is 0 Å². The highest BCUT2D eigenvalue weighted by molar-refractivity contribution is 5.03. The summed E-state index contributed by atoms with van der Waals surface area (Å²) < 4.78 is 1.84. The number of nitrogens with one attached hydrogen (secondary N) is 1. The zero-order valence-corrected chi connectivity index (χ0v) is 9.32. The molecule has 84 valence electrons. The van der Waals surface area contributed by atoms with Gasteiger partial charge in [-0.2, -0.15) is 5.10 Å². The van der Waals surface area contributed by atoms with Gasteiger partial charge in [0, 0.05) is 37.4 Å². The van der Waals surface area contributed by atoms with Gasteiger partial charge in [-0.1, -0.05) is 6.42 Å². The van der Waals surface area contributed by atoms with Gasteiger partial charge in [-0.25, -0.2) is 0 Å². The number of rotatable bonds is 3. The Morgan fingerprint density at radius 3 is 3.13 bits per heavy atom. The Kier molecular flexibility index (Phi) is 3.38. The predicted molar refractivity (Wildman–Crippen MR) is 60.3 cm³/mol. The van der Waals surface area contributed by atoms with Gasteiger partial charge in [-0.05, 0) is 19.3 Å². The van der Waals surface area contributed by atoms with Crippen LogP contribution in [0.5, 0.6) is 0 Å². The normalized spacial score (nSPS) is 26.8. The molecule has 2 rings (SSSR count). The first-order valence-corrected chi connectivity index (χ1v) is 5.70. The van der Waals surface area contributed by atoms with E-state index in [1.54, 1.807) is 0 Å². The monoisotopic (exact) mass is 208 g/mol. The molecule has 1 saturated carbocycles. The van der Waals surface area contributed by atoms with Crippen LogP contribution in [0.4, 0.5) is 0 Å². The van der Waals surface area contributed by atoms with Gasteiger partial charge in [0.2, 0.25) is 0 Å². The summed E-state index contributed by atoms with van der Waals surface area (Å²) in [6.45, 7) is 0.908. The van der Waals surface area contributed by atoms with Crippen molar-refractivity contribution in [2.75, 3.05) is 0 Å². The standard InChI is InChI=1S/C11H20N4/c1-15-8-9(7-14-15)6-13-11-4-2-3-10(12)5-11/h7-8,10-11,13H,2-6,12H2,1H3. The minimum absolute atomic E-state index is 0.394. The molecule has 1 aromatic rings. The average Bonchev–Trinajstić information content (AvgIpc) is 2.62. The lowest BCUT2D eigenvalue weighted by molar-refractivity contribution is 0.338. The smallest absolute Gasteiger partial charge is 0.0534 e. The van der Waals surface area contributed by atoms with Crippen LogP contribution in [0.15, 0.2) is 12.4 Å². The van der Waals surface area contributed by atoms with Crippen molar-refractivity contribution in [2.45, 2.75) is 44.3 Å². The third-order valence-corrected chi connectivity index (χ3v) is 3.07. The van der Waals surface area contributed by atoms with Gasteiger partial charge < -0.3 is 11.1 Å². The Hall–Kier alpha value is -0.870. The van der Waals surface area contributed by atoms with E-state index in [1.165, 1.54) is 24.8 Å². The van der Waals surface area contributed by atoms with Crippen LogP contribution in [-0.2, 0) is 13.6 Å². The van der Waals surface area contributed by atoms with Crippen LogP contribution in [0.2, 0.25) is 0 Å². The maximum atomic E-state index is 5.94. The van der Waals surface area contributed by atoms with Crippen molar-refractivity contribution in [2.24, 2.45) is 12.8 Å². The molecule has 2 atom stereocenters. The van der Waals surface area contributed by atoms with Crippen molar-refractivity contribution in [3.63, 3.8) is 0 Å². The molecule has 0 aliphatic heterocycles. The second kappa shape index (κ2) is 4.77. The van der Waals surface area contributed by atoms with Crippen LogP contribution >= 0.6 is 0 Å². The molecule has 0 saturated heterocycles. The summed E-state index contributed by atoms with van der Waals surface area (Å²) in [6.07, 6.45) is 8.77. The fourth-order valence-corrected chi connectivity index (χ4v) is 2.24. The zero-order chi connectivity index (χ0) is 10.7. The number of nitrogens with zero attached hydrogens (tertiary/aromatic N) is 2. The molecule has 1 aromatic heterocycles. The quantitative estimate of drug-likeness (QED) is 0.772. The molecular formula is C11H20N4. The van der Waals surface area contributed by atoms with Crippen molar-refractivity contribution in [3.8, 4) is 0 Å². The number of hydrogen-bond donors (Lipinski definition) is 2. The summed E-state index contributed by atoms with van der Waals surface area (Å²) in [5.74, 6) is 0. The Labute approximate surface area is 90.8 Å². The van der Waals surface area contributed by atoms with Gasteiger partial charge in [0.25, 0.3) is 0 Å². The molecule has 4 heteroatoms. The van der Waals surface area contributed by atoms with Crippen LogP contribution in [0.25, 0.3) is 0 Å². The van der Waals surface area contributed by atoms with E-state index in [4.69, 9.17) is 5.73 Å². The lowest BCUT2D eigenvalue weighted by Crippen LogP contribution is -2.38. The van der Waals surface area contributed by atoms with Crippen molar-refractivity contribution >= 4 is 0 Å². The molecule has 1 aliphatic rings. The maximum absolute atomic E-state index is 5.94. The Balaban J connectivity index is 1.77. The van der Waals surface area contributed by atoms with E-state index in [0.29, 0.717) is 12.1 Å². The summed E-state index contributed by atoms with van der Waals surface area (Å²) in [5.41, 5.74) is 7.19. The molecule has 15 heavy (non-hydrogen) atoms. The van der Waals surface area contributed by atoms with Crippen molar-refractivity contribution < 1.29 is 0 Å². The molecule has 1 aliphatic carbocycles. The first kappa shape index (κ1) is 10.6. The van der Waals surface area contributed by atoms with Crippen molar-refractivity contribution in [3.05, 3.63) is 18.0 Å². The lowest BCUT2D eigenvalue weighted by Gasteiger charge is -2.27. The van der Waals surface area contributed by atoms with Crippen LogP contribution in [0.3, 0.4) is 0 Å². The fourth-order valence-electron chi connectivity index (χ4n) is 2.24. The third-order valence-electron chi connectivity index (χ3n) is 3.07. The maximum Gasteiger partial charge on any atom is 0.0534 e. The van der Waals surface area contributed by atoms with E-state index in [1.807, 2.05) is 17.9 Å². The second-order valence-electron chi connectivity index (χ2n) is 4.53. The highest BCUT2D eigenvalue weighted by atomic mass is 15.2. The molecule has 3 N–H and O–H groups in total. The fraction of sp³-hybridized carbons (Fsp3) is 0.727. The third kappa shape index (κ3) is 3.04. The highest BCUT2D eigenvalue weighted by Gasteiger charge is 2.18. The van der Waals surface area contributed by atoms with Crippen molar-refractivity contribution in [1.29, 1.82) is 0 Å². The molecule has 1 fully saturated rings. The zero-order valence-electron chi connectivity index (χ0n) is 9.32. The van der Waals surface area contributed by atoms with Gasteiger partial charge in [-0.15, -0.1) is 0 Å². The molecule has 0 radical (unpaired) electrons. The predicted octanol–water partition coefficient (Wildman–Crippen LogP) is 0.780. The van der Waals surface area contributed by atoms with Crippen LogP contribution in [-0.4, -0.2) is 21.9 Å². The summed E-state index contributed by atoms with van der Waals surface area (Å²) in [6, 6.07) is 0.985. The SMILES string of the molecule is Cn1cc(CNC2CCCC(N)C2)cn1. The summed E-state index contributed by atoms with van der Waals surface area (Å²) >= 11 is 0. The largest absolute Gasteiger partial charge is 0.328 e. The van der Waals surface area contributed by atoms with E-state index in [-0.39, 0.29) is 0 Å². The lowest BCUT2D eigenvalue weighted by atomic mass is 9.91. The number of nitrogens with two attached hydrogens (primary N) is 1. The van der Waals surface area contributed by atoms with Crippen LogP contribution in [0, 0.1) is 0 Å². The van der Waals surface area contributed by atoms with Gasteiger partial charge >= 0.3 is 0 Å². The summed E-state index contributed by atoms with van der Waals surface area (Å²) in [5, 5.41) is 7.70. The first-order valence-electron chi connectivity index (χ1n) is 5.70. The number of aromatic nitrogens is 2. The number of hydrogen-bond acceptors (Lipinski definition) is 3. The van der Waals surface area contributed by atoms with E-state index in [0.717, 1.165) is 13.0 Å². The van der Waals surface area contributed by atoms with Crippen LogP contribution < -0.4 is 11.1 Å². The van der Waals surface area contributed by atoms with E-state index in [2.05, 4.69) is 16.6 Å². The Morgan fingerprint density at radius 1 is 1.60 bits per heavy atom. The van der Waals surface area contributed by atoms with Gasteiger partial charge in [-0.3, -0.25) is 4.68 Å². The summed E-state index contributed by atoms with van der Waals surface area (Å²) in [4.78, 5) is 0. The van der Waals surface area contributed by atoms with Crippen molar-refractivity contribution in [1.82, 2.24) is 15.1 Å². The minimum Gasteiger partial charge on any atom is -0.328 e.